The highest BCUT2D eigenvalue weighted by Gasteiger charge is 2.29. The Morgan fingerprint density at radius 2 is 2.21 bits per heavy atom. The molecule has 8 heteroatoms. The number of fused-ring (bicyclic) bond motifs is 1. The Balaban J connectivity index is 1.35. The van der Waals surface area contributed by atoms with E-state index in [9.17, 15) is 4.79 Å². The van der Waals surface area contributed by atoms with Gasteiger partial charge in [0, 0.05) is 37.1 Å². The molecule has 0 spiro atoms. The average molecular weight is 403 g/mol. The van der Waals surface area contributed by atoms with E-state index in [1.165, 1.54) is 24.6 Å². The molecule has 2 aliphatic rings. The first kappa shape index (κ1) is 19.1. The van der Waals surface area contributed by atoms with Gasteiger partial charge in [-0.1, -0.05) is 11.8 Å². The van der Waals surface area contributed by atoms with E-state index >= 15 is 0 Å². The topological polar surface area (TPSA) is 78.3 Å². The molecule has 0 bridgehead atoms. The van der Waals surface area contributed by atoms with Crippen LogP contribution in [0.3, 0.4) is 0 Å². The number of hydrogen-bond acceptors (Lipinski definition) is 6. The highest BCUT2D eigenvalue weighted by atomic mass is 32.2. The van der Waals surface area contributed by atoms with Gasteiger partial charge in [-0.05, 0) is 38.8 Å². The van der Waals surface area contributed by atoms with Crippen molar-refractivity contribution >= 4 is 17.7 Å². The summed E-state index contributed by atoms with van der Waals surface area (Å²) in [5.41, 5.74) is 2.10. The van der Waals surface area contributed by atoms with Crippen LogP contribution in [-0.4, -0.2) is 39.1 Å². The fraction of sp³-hybridized carbons (Fsp3) is 0.550. The average Bonchev–Trinajstić information content (AvgIpc) is 3.34. The van der Waals surface area contributed by atoms with Crippen molar-refractivity contribution in [1.82, 2.24) is 20.1 Å². The molecule has 1 aliphatic heterocycles. The molecule has 7 nitrogen and oxygen atoms in total. The highest BCUT2D eigenvalue weighted by Crippen LogP contribution is 2.39. The predicted molar refractivity (Wildman–Crippen MR) is 107 cm³/mol. The van der Waals surface area contributed by atoms with Crippen LogP contribution in [0.2, 0.25) is 0 Å². The lowest BCUT2D eigenvalue weighted by Crippen LogP contribution is -2.25. The van der Waals surface area contributed by atoms with E-state index in [2.05, 4.69) is 22.4 Å². The Hall–Kier alpha value is -2.22. The first-order valence-electron chi connectivity index (χ1n) is 9.79. The molecule has 150 valence electrons. The summed E-state index contributed by atoms with van der Waals surface area (Å²) in [6.45, 7) is 5.01. The number of aromatic nitrogens is 3. The van der Waals surface area contributed by atoms with Gasteiger partial charge in [-0.3, -0.25) is 4.79 Å². The van der Waals surface area contributed by atoms with Gasteiger partial charge in [0.2, 0.25) is 5.91 Å². The van der Waals surface area contributed by atoms with Crippen LogP contribution in [-0.2, 0) is 24.8 Å². The van der Waals surface area contributed by atoms with E-state index in [0.29, 0.717) is 24.8 Å². The minimum Gasteiger partial charge on any atom is -0.494 e. The van der Waals surface area contributed by atoms with E-state index < -0.39 is 0 Å². The summed E-state index contributed by atoms with van der Waals surface area (Å²) in [7, 11) is 1.97. The van der Waals surface area contributed by atoms with Crippen molar-refractivity contribution in [2.45, 2.75) is 56.8 Å². The van der Waals surface area contributed by atoms with Crippen LogP contribution in [0.25, 0.3) is 0 Å². The third-order valence-electron chi connectivity index (χ3n) is 5.00. The molecular weight excluding hydrogens is 376 g/mol. The van der Waals surface area contributed by atoms with Crippen LogP contribution >= 0.6 is 11.8 Å². The lowest BCUT2D eigenvalue weighted by Gasteiger charge is -2.13. The van der Waals surface area contributed by atoms with Gasteiger partial charge < -0.3 is 19.4 Å². The highest BCUT2D eigenvalue weighted by molar-refractivity contribution is 7.99. The zero-order chi connectivity index (χ0) is 19.7. The van der Waals surface area contributed by atoms with Crippen molar-refractivity contribution < 1.29 is 14.3 Å². The largest absolute Gasteiger partial charge is 0.494 e. The summed E-state index contributed by atoms with van der Waals surface area (Å²) < 4.78 is 13.6. The molecule has 0 saturated heterocycles. The number of amides is 1. The normalized spacial score (nSPS) is 17.9. The quantitative estimate of drug-likeness (QED) is 0.684. The van der Waals surface area contributed by atoms with Gasteiger partial charge in [-0.2, -0.15) is 0 Å². The van der Waals surface area contributed by atoms with E-state index in [4.69, 9.17) is 9.47 Å². The van der Waals surface area contributed by atoms with E-state index in [1.54, 1.807) is 0 Å². The first-order chi connectivity index (χ1) is 13.5. The molecule has 2 aromatic rings. The summed E-state index contributed by atoms with van der Waals surface area (Å²) in [5, 5.41) is 12.2. The second kappa shape index (κ2) is 8.03. The molecule has 1 aliphatic carbocycles. The number of nitrogens with zero attached hydrogens (tertiary/aromatic N) is 3. The van der Waals surface area contributed by atoms with E-state index in [-0.39, 0.29) is 12.0 Å². The van der Waals surface area contributed by atoms with E-state index in [0.717, 1.165) is 40.0 Å². The number of rotatable bonds is 8. The van der Waals surface area contributed by atoms with Crippen LogP contribution in [0, 0.1) is 0 Å². The number of thioether (sulfide) groups is 1. The summed E-state index contributed by atoms with van der Waals surface area (Å²) in [6.07, 6.45) is 3.43. The molecule has 2 heterocycles. The minimum absolute atomic E-state index is 0.0433. The number of benzene rings is 1. The third kappa shape index (κ3) is 4.11. The van der Waals surface area contributed by atoms with Gasteiger partial charge in [0.1, 0.15) is 23.4 Å². The molecule has 1 saturated carbocycles. The van der Waals surface area contributed by atoms with Crippen LogP contribution in [0.15, 0.2) is 17.3 Å². The van der Waals surface area contributed by atoms with Crippen molar-refractivity contribution in [2.75, 3.05) is 12.4 Å². The molecule has 1 amide bonds. The minimum atomic E-state index is -0.0433. The van der Waals surface area contributed by atoms with E-state index in [1.807, 2.05) is 30.7 Å². The number of nitrogens with one attached hydrogen (secondary N) is 1. The molecule has 1 aromatic carbocycles. The molecule has 1 unspecified atom stereocenters. The second-order valence-electron chi connectivity index (χ2n) is 7.37. The van der Waals surface area contributed by atoms with Gasteiger partial charge in [0.25, 0.3) is 0 Å². The van der Waals surface area contributed by atoms with Gasteiger partial charge in [-0.25, -0.2) is 0 Å². The standard InChI is InChI=1S/C20H26N4O3S/c1-4-26-16-8-14-7-12(2)27-17(14)9-15(16)10-21-18(25)11-28-20-23-22-19(24(20)3)13-5-6-13/h8-9,12-13H,4-7,10-11H2,1-3H3,(H,21,25). The molecule has 28 heavy (non-hydrogen) atoms. The zero-order valence-corrected chi connectivity index (χ0v) is 17.3. The van der Waals surface area contributed by atoms with Crippen molar-refractivity contribution in [3.05, 3.63) is 29.1 Å². The Kier molecular flexibility index (Phi) is 5.48. The van der Waals surface area contributed by atoms with Gasteiger partial charge in [0.05, 0.1) is 12.4 Å². The Morgan fingerprint density at radius 3 is 2.96 bits per heavy atom. The summed E-state index contributed by atoms with van der Waals surface area (Å²) in [6, 6.07) is 4.03. The fourth-order valence-electron chi connectivity index (χ4n) is 3.43. The second-order valence-corrected chi connectivity index (χ2v) is 8.32. The summed E-state index contributed by atoms with van der Waals surface area (Å²) in [4.78, 5) is 12.3. The van der Waals surface area contributed by atoms with Crippen molar-refractivity contribution in [2.24, 2.45) is 7.05 Å². The number of ether oxygens (including phenoxy) is 2. The molecule has 1 N–H and O–H groups in total. The molecule has 4 rings (SSSR count). The zero-order valence-electron chi connectivity index (χ0n) is 16.5. The van der Waals surface area contributed by atoms with Gasteiger partial charge in [0.15, 0.2) is 5.16 Å². The lowest BCUT2D eigenvalue weighted by atomic mass is 10.1. The fourth-order valence-corrected chi connectivity index (χ4v) is 4.18. The smallest absolute Gasteiger partial charge is 0.230 e. The monoisotopic (exact) mass is 402 g/mol. The summed E-state index contributed by atoms with van der Waals surface area (Å²) in [5.74, 6) is 3.53. The van der Waals surface area contributed by atoms with Gasteiger partial charge in [-0.15, -0.1) is 10.2 Å². The maximum absolute atomic E-state index is 12.3. The SMILES string of the molecule is CCOc1cc2c(cc1CNC(=O)CSc1nnc(C3CC3)n1C)OC(C)C2. The summed E-state index contributed by atoms with van der Waals surface area (Å²) >= 11 is 1.41. The van der Waals surface area contributed by atoms with Crippen molar-refractivity contribution in [3.8, 4) is 11.5 Å². The van der Waals surface area contributed by atoms with Crippen LogP contribution in [0.4, 0.5) is 0 Å². The Morgan fingerprint density at radius 1 is 1.39 bits per heavy atom. The molecule has 1 fully saturated rings. The van der Waals surface area contributed by atoms with Gasteiger partial charge >= 0.3 is 0 Å². The Labute approximate surface area is 169 Å². The maximum atomic E-state index is 12.3. The molecule has 1 atom stereocenters. The number of hydrogen-bond donors (Lipinski definition) is 1. The molecule has 1 aromatic heterocycles. The number of carbonyl (C=O) groups is 1. The van der Waals surface area contributed by atoms with Crippen LogP contribution in [0.5, 0.6) is 11.5 Å². The maximum Gasteiger partial charge on any atom is 0.230 e. The Bertz CT molecular complexity index is 879. The predicted octanol–water partition coefficient (Wildman–Crippen LogP) is 2.82. The molecule has 0 radical (unpaired) electrons. The third-order valence-corrected chi connectivity index (χ3v) is 6.02. The first-order valence-corrected chi connectivity index (χ1v) is 10.8. The van der Waals surface area contributed by atoms with Crippen molar-refractivity contribution in [3.63, 3.8) is 0 Å². The number of carbonyl (C=O) groups excluding carboxylic acids is 1. The van der Waals surface area contributed by atoms with Crippen LogP contribution < -0.4 is 14.8 Å². The molecular formula is C20H26N4O3S. The van der Waals surface area contributed by atoms with Crippen LogP contribution in [0.1, 0.15) is 49.6 Å². The van der Waals surface area contributed by atoms with Crippen molar-refractivity contribution in [1.29, 1.82) is 0 Å². The lowest BCUT2D eigenvalue weighted by molar-refractivity contribution is -0.118.